The quantitative estimate of drug-likeness (QED) is 0.805. The maximum atomic E-state index is 5.98. The number of nitrogen functional groups attached to an aromatic ring is 1. The number of rotatable bonds is 2. The Morgan fingerprint density at radius 1 is 1.28 bits per heavy atom. The van der Waals surface area contributed by atoms with E-state index in [-0.39, 0.29) is 0 Å². The van der Waals surface area contributed by atoms with E-state index in [0.717, 1.165) is 11.0 Å². The molecule has 2 rings (SSSR count). The Balaban J connectivity index is 2.44. The highest BCUT2D eigenvalue weighted by Gasteiger charge is 2.52. The summed E-state index contributed by atoms with van der Waals surface area (Å²) in [6.07, 6.45) is 3.39. The molecule has 4 nitrogen and oxygen atoms in total. The van der Waals surface area contributed by atoms with Gasteiger partial charge in [0.1, 0.15) is 5.82 Å². The van der Waals surface area contributed by atoms with Gasteiger partial charge in [0.25, 0.3) is 0 Å². The number of hydrogen-bond acceptors (Lipinski definition) is 4. The van der Waals surface area contributed by atoms with Crippen LogP contribution in [0.15, 0.2) is 18.8 Å². The van der Waals surface area contributed by atoms with Crippen molar-refractivity contribution in [3.63, 3.8) is 0 Å². The van der Waals surface area contributed by atoms with Crippen molar-refractivity contribution in [2.45, 2.75) is 38.9 Å². The highest BCUT2D eigenvalue weighted by Crippen LogP contribution is 2.37. The molecule has 1 aromatic heterocycles. The van der Waals surface area contributed by atoms with Gasteiger partial charge in [0.15, 0.2) is 0 Å². The standard InChI is InChI=1S/C13H19BN2O2/c1-6-9-7-8-16-11(15)10(9)14-17-12(2,3)13(4,5)18-14/h6-8H,1H2,2-5H3,(H2,15,16). The summed E-state index contributed by atoms with van der Waals surface area (Å²) in [5.41, 5.74) is 6.80. The van der Waals surface area contributed by atoms with E-state index in [1.165, 1.54) is 0 Å². The van der Waals surface area contributed by atoms with Gasteiger partial charge in [0.2, 0.25) is 0 Å². The second-order valence-corrected chi connectivity index (χ2v) is 5.49. The second-order valence-electron chi connectivity index (χ2n) is 5.49. The lowest BCUT2D eigenvalue weighted by molar-refractivity contribution is 0.00578. The predicted molar refractivity (Wildman–Crippen MR) is 74.5 cm³/mol. The Kier molecular flexibility index (Phi) is 2.99. The fraction of sp³-hybridized carbons (Fsp3) is 0.462. The molecule has 1 aliphatic heterocycles. The molecule has 0 spiro atoms. The molecular formula is C13H19BN2O2. The van der Waals surface area contributed by atoms with Crippen molar-refractivity contribution in [3.05, 3.63) is 24.4 Å². The van der Waals surface area contributed by atoms with Gasteiger partial charge >= 0.3 is 7.12 Å². The molecule has 1 aliphatic rings. The van der Waals surface area contributed by atoms with Crippen LogP contribution < -0.4 is 11.2 Å². The number of aromatic nitrogens is 1. The number of hydrogen-bond donors (Lipinski definition) is 1. The summed E-state index contributed by atoms with van der Waals surface area (Å²) in [7, 11) is -0.503. The van der Waals surface area contributed by atoms with E-state index in [0.29, 0.717) is 5.82 Å². The molecule has 18 heavy (non-hydrogen) atoms. The van der Waals surface area contributed by atoms with Crippen molar-refractivity contribution in [2.24, 2.45) is 0 Å². The zero-order chi connectivity index (χ0) is 13.6. The lowest BCUT2D eigenvalue weighted by Crippen LogP contribution is -2.41. The van der Waals surface area contributed by atoms with Gasteiger partial charge in [-0.3, -0.25) is 0 Å². The summed E-state index contributed by atoms with van der Waals surface area (Å²) in [4.78, 5) is 4.10. The molecule has 0 unspecified atom stereocenters. The highest BCUT2D eigenvalue weighted by atomic mass is 16.7. The Morgan fingerprint density at radius 2 is 1.83 bits per heavy atom. The largest absolute Gasteiger partial charge is 0.499 e. The number of anilines is 1. The van der Waals surface area contributed by atoms with Crippen LogP contribution >= 0.6 is 0 Å². The van der Waals surface area contributed by atoms with Crippen molar-refractivity contribution in [1.29, 1.82) is 0 Å². The molecular weight excluding hydrogens is 227 g/mol. The summed E-state index contributed by atoms with van der Waals surface area (Å²) in [5.74, 6) is 0.422. The number of nitrogens with two attached hydrogens (primary N) is 1. The average molecular weight is 246 g/mol. The Labute approximate surface area is 108 Å². The van der Waals surface area contributed by atoms with Crippen LogP contribution in [0.4, 0.5) is 5.82 Å². The third-order valence-electron chi connectivity index (χ3n) is 3.76. The monoisotopic (exact) mass is 246 g/mol. The van der Waals surface area contributed by atoms with Gasteiger partial charge in [0.05, 0.1) is 11.2 Å². The predicted octanol–water partition coefficient (Wildman–Crippen LogP) is 1.61. The fourth-order valence-corrected chi connectivity index (χ4v) is 1.90. The van der Waals surface area contributed by atoms with E-state index >= 15 is 0 Å². The average Bonchev–Trinajstić information content (AvgIpc) is 2.47. The molecule has 2 heterocycles. The Morgan fingerprint density at radius 3 is 2.33 bits per heavy atom. The smallest absolute Gasteiger partial charge is 0.399 e. The van der Waals surface area contributed by atoms with E-state index in [2.05, 4.69) is 11.6 Å². The van der Waals surface area contributed by atoms with Crippen LogP contribution in [0, 0.1) is 0 Å². The van der Waals surface area contributed by atoms with Crippen molar-refractivity contribution in [2.75, 3.05) is 5.73 Å². The fourth-order valence-electron chi connectivity index (χ4n) is 1.90. The molecule has 0 aliphatic carbocycles. The van der Waals surface area contributed by atoms with Crippen molar-refractivity contribution in [1.82, 2.24) is 4.98 Å². The van der Waals surface area contributed by atoms with Gasteiger partial charge in [0, 0.05) is 11.7 Å². The van der Waals surface area contributed by atoms with Crippen molar-refractivity contribution >= 4 is 24.5 Å². The summed E-state index contributed by atoms with van der Waals surface area (Å²) < 4.78 is 12.0. The van der Waals surface area contributed by atoms with Crippen LogP contribution in [0.5, 0.6) is 0 Å². The molecule has 0 radical (unpaired) electrons. The van der Waals surface area contributed by atoms with Crippen LogP contribution in [0.2, 0.25) is 0 Å². The van der Waals surface area contributed by atoms with E-state index in [9.17, 15) is 0 Å². The first-order valence-corrected chi connectivity index (χ1v) is 6.01. The van der Waals surface area contributed by atoms with Crippen molar-refractivity contribution in [3.8, 4) is 0 Å². The van der Waals surface area contributed by atoms with E-state index < -0.39 is 18.3 Å². The molecule has 0 atom stereocenters. The first-order chi connectivity index (χ1) is 8.28. The first kappa shape index (κ1) is 13.1. The van der Waals surface area contributed by atoms with Crippen LogP contribution in [0.25, 0.3) is 6.08 Å². The summed E-state index contributed by atoms with van der Waals surface area (Å²) in [5, 5.41) is 0. The van der Waals surface area contributed by atoms with Gasteiger partial charge in [-0.1, -0.05) is 12.7 Å². The normalized spacial score (nSPS) is 21.0. The minimum atomic E-state index is -0.503. The van der Waals surface area contributed by atoms with Gasteiger partial charge in [-0.2, -0.15) is 0 Å². The van der Waals surface area contributed by atoms with Gasteiger partial charge in [-0.05, 0) is 39.3 Å². The molecule has 96 valence electrons. The van der Waals surface area contributed by atoms with Crippen LogP contribution in [-0.2, 0) is 9.31 Å². The van der Waals surface area contributed by atoms with E-state index in [4.69, 9.17) is 15.0 Å². The molecule has 2 N–H and O–H groups in total. The molecule has 0 saturated carbocycles. The SMILES string of the molecule is C=Cc1ccnc(N)c1B1OC(C)(C)C(C)(C)O1. The van der Waals surface area contributed by atoms with Gasteiger partial charge in [-0.25, -0.2) is 4.98 Å². The number of pyridine rings is 1. The highest BCUT2D eigenvalue weighted by molar-refractivity contribution is 6.64. The minimum Gasteiger partial charge on any atom is -0.399 e. The third kappa shape index (κ3) is 1.93. The zero-order valence-electron chi connectivity index (χ0n) is 11.4. The molecule has 0 amide bonds. The first-order valence-electron chi connectivity index (χ1n) is 6.01. The summed E-state index contributed by atoms with van der Waals surface area (Å²) in [6.45, 7) is 11.8. The Hall–Kier alpha value is -1.33. The van der Waals surface area contributed by atoms with Crippen LogP contribution in [-0.4, -0.2) is 23.3 Å². The molecule has 5 heteroatoms. The van der Waals surface area contributed by atoms with Crippen LogP contribution in [0.3, 0.4) is 0 Å². The van der Waals surface area contributed by atoms with E-state index in [1.54, 1.807) is 12.3 Å². The van der Waals surface area contributed by atoms with E-state index in [1.807, 2.05) is 33.8 Å². The van der Waals surface area contributed by atoms with Crippen LogP contribution in [0.1, 0.15) is 33.3 Å². The minimum absolute atomic E-state index is 0.390. The molecule has 1 saturated heterocycles. The Bertz CT molecular complexity index is 470. The maximum Gasteiger partial charge on any atom is 0.499 e. The lowest BCUT2D eigenvalue weighted by Gasteiger charge is -2.32. The molecule has 1 aromatic rings. The third-order valence-corrected chi connectivity index (χ3v) is 3.76. The second kappa shape index (κ2) is 4.11. The maximum absolute atomic E-state index is 5.98. The zero-order valence-corrected chi connectivity index (χ0v) is 11.4. The molecule has 0 aromatic carbocycles. The van der Waals surface area contributed by atoms with Gasteiger partial charge < -0.3 is 15.0 Å². The number of nitrogens with zero attached hydrogens (tertiary/aromatic N) is 1. The lowest BCUT2D eigenvalue weighted by atomic mass is 9.76. The molecule has 1 fully saturated rings. The summed E-state index contributed by atoms with van der Waals surface area (Å²) >= 11 is 0. The van der Waals surface area contributed by atoms with Crippen molar-refractivity contribution < 1.29 is 9.31 Å². The molecule has 0 bridgehead atoms. The summed E-state index contributed by atoms with van der Waals surface area (Å²) in [6, 6.07) is 1.85. The topological polar surface area (TPSA) is 57.4 Å². The van der Waals surface area contributed by atoms with Gasteiger partial charge in [-0.15, -0.1) is 0 Å².